The zero-order valence-corrected chi connectivity index (χ0v) is 8.56. The highest BCUT2D eigenvalue weighted by Gasteiger charge is 2.24. The van der Waals surface area contributed by atoms with Gasteiger partial charge in [0.25, 0.3) is 0 Å². The van der Waals surface area contributed by atoms with Gasteiger partial charge in [-0.25, -0.2) is 0 Å². The predicted molar refractivity (Wildman–Crippen MR) is 52.5 cm³/mol. The first-order chi connectivity index (χ1) is 5.91. The highest BCUT2D eigenvalue weighted by Crippen LogP contribution is 2.21. The Morgan fingerprint density at radius 2 is 1.62 bits per heavy atom. The summed E-state index contributed by atoms with van der Waals surface area (Å²) < 4.78 is 36.5. The molecule has 0 saturated heterocycles. The Bertz CT molecular complexity index is 278. The second-order valence-electron chi connectivity index (χ2n) is 2.86. The summed E-state index contributed by atoms with van der Waals surface area (Å²) in [6.45, 7) is -2.99. The molecule has 0 spiro atoms. The quantitative estimate of drug-likeness (QED) is 0.560. The Hall–Kier alpha value is -0.445. The van der Waals surface area contributed by atoms with Gasteiger partial charge < -0.3 is 12.9 Å². The van der Waals surface area contributed by atoms with E-state index in [2.05, 4.69) is 15.9 Å². The zero-order chi connectivity index (χ0) is 10.1. The van der Waals surface area contributed by atoms with Gasteiger partial charge in [0.2, 0.25) is 0 Å². The van der Waals surface area contributed by atoms with E-state index in [1.165, 1.54) is 12.1 Å². The van der Waals surface area contributed by atoms with Crippen molar-refractivity contribution in [1.82, 2.24) is 0 Å². The number of alkyl halides is 1. The molecule has 0 amide bonds. The van der Waals surface area contributed by atoms with Crippen LogP contribution in [0.3, 0.4) is 0 Å². The highest BCUT2D eigenvalue weighted by atomic mass is 79.9. The van der Waals surface area contributed by atoms with Crippen LogP contribution in [0.5, 0.6) is 0 Å². The molecule has 0 nitrogen and oxygen atoms in total. The average molecular weight is 252 g/mol. The van der Waals surface area contributed by atoms with Crippen LogP contribution in [0.1, 0.15) is 17.3 Å². The van der Waals surface area contributed by atoms with Crippen LogP contribution in [0.2, 0.25) is 0 Å². The molecule has 13 heavy (non-hydrogen) atoms. The zero-order valence-electron chi connectivity index (χ0n) is 6.98. The van der Waals surface area contributed by atoms with Gasteiger partial charge in [0.15, 0.2) is 0 Å². The van der Waals surface area contributed by atoms with Crippen molar-refractivity contribution in [2.24, 2.45) is 0 Å². The first-order valence-electron chi connectivity index (χ1n) is 3.85. The van der Waals surface area contributed by atoms with Crippen LogP contribution in [0.25, 0.3) is 0 Å². The minimum Gasteiger partial charge on any atom is -0.445 e. The molecule has 1 atom stereocenters. The summed E-state index contributed by atoms with van der Waals surface area (Å²) in [6.07, 6.45) is 0. The molecule has 1 unspecified atom stereocenters. The van der Waals surface area contributed by atoms with Crippen LogP contribution in [0.15, 0.2) is 24.3 Å². The molecule has 0 heterocycles. The van der Waals surface area contributed by atoms with E-state index in [9.17, 15) is 12.9 Å². The lowest BCUT2D eigenvalue weighted by atomic mass is 9.80. The lowest BCUT2D eigenvalue weighted by molar-refractivity contribution is 0.501. The second kappa shape index (κ2) is 3.74. The maximum atomic E-state index is 12.2. The van der Waals surface area contributed by atoms with Crippen LogP contribution in [-0.2, 0) is 0 Å². The Morgan fingerprint density at radius 1 is 1.15 bits per heavy atom. The molecule has 0 radical (unpaired) electrons. The number of hydrogen-bond donors (Lipinski definition) is 0. The molecule has 0 fully saturated rings. The van der Waals surface area contributed by atoms with Gasteiger partial charge in [-0.15, -0.1) is 5.46 Å². The van der Waals surface area contributed by atoms with Gasteiger partial charge in [0.1, 0.15) is 0 Å². The van der Waals surface area contributed by atoms with Gasteiger partial charge in [-0.2, -0.15) is 0 Å². The molecule has 0 bridgehead atoms. The smallest absolute Gasteiger partial charge is 0.445 e. The van der Waals surface area contributed by atoms with Crippen molar-refractivity contribution in [2.75, 3.05) is 0 Å². The lowest BCUT2D eigenvalue weighted by Crippen LogP contribution is -2.33. The van der Waals surface area contributed by atoms with Gasteiger partial charge in [-0.05, 0) is 12.5 Å². The summed E-state index contributed by atoms with van der Waals surface area (Å²) in [7, 11) is 0. The maximum absolute atomic E-state index is 12.2. The minimum absolute atomic E-state index is 0.0854. The summed E-state index contributed by atoms with van der Waals surface area (Å²) in [5, 5.41) is 0. The van der Waals surface area contributed by atoms with Crippen LogP contribution in [-0.4, -0.2) is 6.98 Å². The molecule has 1 aromatic carbocycles. The second-order valence-corrected chi connectivity index (χ2v) is 4.23. The van der Waals surface area contributed by atoms with Gasteiger partial charge >= 0.3 is 6.98 Å². The molecule has 1 rings (SSSR count). The Kier molecular flexibility index (Phi) is 3.06. The molecule has 1 aromatic rings. The summed E-state index contributed by atoms with van der Waals surface area (Å²) in [5.41, 5.74) is 0.306. The number of benzene rings is 1. The molecule has 0 saturated carbocycles. The maximum Gasteiger partial charge on any atom is 0.509 e. The van der Waals surface area contributed by atoms with Crippen molar-refractivity contribution in [3.05, 3.63) is 29.8 Å². The Labute approximate surface area is 83.3 Å². The monoisotopic (exact) mass is 251 g/mol. The van der Waals surface area contributed by atoms with E-state index in [0.29, 0.717) is 0 Å². The first-order valence-corrected chi connectivity index (χ1v) is 4.76. The molecule has 72 valence electrons. The topological polar surface area (TPSA) is 0 Å². The van der Waals surface area contributed by atoms with E-state index in [1.54, 1.807) is 0 Å². The predicted octanol–water partition coefficient (Wildman–Crippen LogP) is 3.20. The lowest BCUT2D eigenvalue weighted by Gasteiger charge is -2.15. The minimum atomic E-state index is -4.86. The van der Waals surface area contributed by atoms with Gasteiger partial charge in [-0.3, -0.25) is 0 Å². The largest absolute Gasteiger partial charge is 0.509 e. The van der Waals surface area contributed by atoms with Crippen molar-refractivity contribution in [3.8, 4) is 0 Å². The third-order valence-electron chi connectivity index (χ3n) is 1.77. The molecular weight excluding hydrogens is 244 g/mol. The summed E-state index contributed by atoms with van der Waals surface area (Å²) >= 11 is 3.28. The van der Waals surface area contributed by atoms with E-state index in [-0.39, 0.29) is 4.83 Å². The number of hydrogen-bond acceptors (Lipinski definition) is 0. The van der Waals surface area contributed by atoms with E-state index < -0.39 is 12.4 Å². The molecule has 5 heteroatoms. The Morgan fingerprint density at radius 3 is 1.92 bits per heavy atom. The van der Waals surface area contributed by atoms with Crippen molar-refractivity contribution in [2.45, 2.75) is 11.8 Å². The van der Waals surface area contributed by atoms with Gasteiger partial charge in [0, 0.05) is 4.83 Å². The fourth-order valence-corrected chi connectivity index (χ4v) is 1.28. The third kappa shape index (κ3) is 2.76. The summed E-state index contributed by atoms with van der Waals surface area (Å²) in [6, 6.07) is 5.22. The van der Waals surface area contributed by atoms with Gasteiger partial charge in [0.05, 0.1) is 0 Å². The number of halogens is 4. The third-order valence-corrected chi connectivity index (χ3v) is 2.30. The SMILES string of the molecule is CC(Br)c1ccc([B-](F)(F)F)cc1. The van der Waals surface area contributed by atoms with Crippen LogP contribution >= 0.6 is 15.9 Å². The van der Waals surface area contributed by atoms with Crippen molar-refractivity contribution in [1.29, 1.82) is 0 Å². The first kappa shape index (κ1) is 10.6. The fraction of sp³-hybridized carbons (Fsp3) is 0.250. The van der Waals surface area contributed by atoms with E-state index in [1.807, 2.05) is 6.92 Å². The summed E-state index contributed by atoms with van der Waals surface area (Å²) in [5.74, 6) is 0. The molecule has 0 aliphatic rings. The van der Waals surface area contributed by atoms with Crippen LogP contribution in [0.4, 0.5) is 12.9 Å². The molecule has 0 N–H and O–H groups in total. The van der Waals surface area contributed by atoms with Crippen molar-refractivity contribution < 1.29 is 12.9 Å². The van der Waals surface area contributed by atoms with E-state index in [0.717, 1.165) is 17.7 Å². The highest BCUT2D eigenvalue weighted by molar-refractivity contribution is 9.09. The van der Waals surface area contributed by atoms with E-state index in [4.69, 9.17) is 0 Å². The molecule has 0 aliphatic heterocycles. The molecular formula is C8H8BBrF3-. The van der Waals surface area contributed by atoms with Crippen molar-refractivity contribution >= 4 is 28.4 Å². The fourth-order valence-electron chi connectivity index (χ4n) is 0.979. The molecule has 0 aromatic heterocycles. The van der Waals surface area contributed by atoms with Crippen LogP contribution in [0, 0.1) is 0 Å². The average Bonchev–Trinajstić information content (AvgIpc) is 2.03. The normalized spacial score (nSPS) is 14.2. The van der Waals surface area contributed by atoms with E-state index >= 15 is 0 Å². The number of rotatable bonds is 2. The Balaban J connectivity index is 2.94. The van der Waals surface area contributed by atoms with Crippen molar-refractivity contribution in [3.63, 3.8) is 0 Å². The summed E-state index contributed by atoms with van der Waals surface area (Å²) in [4.78, 5) is 0.0854. The standard InChI is InChI=1S/C8H8BBrF3/c1-6(10)7-2-4-8(5-3-7)9(11,12)13/h2-6H,1H3/q-1. The van der Waals surface area contributed by atoms with Gasteiger partial charge in [-0.1, -0.05) is 40.2 Å². The molecule has 0 aliphatic carbocycles. The van der Waals surface area contributed by atoms with Crippen LogP contribution < -0.4 is 5.46 Å².